The van der Waals surface area contributed by atoms with Gasteiger partial charge in [-0.1, -0.05) is 155 Å². The molecule has 29 heavy (non-hydrogen) atoms. The maximum absolute atomic E-state index is 10.2. The fourth-order valence-corrected chi connectivity index (χ4v) is 4.18. The topological polar surface area (TPSA) is 37.3 Å². The van der Waals surface area contributed by atoms with Gasteiger partial charge in [0.05, 0.1) is 0 Å². The summed E-state index contributed by atoms with van der Waals surface area (Å²) in [6.45, 7) is 2.29. The van der Waals surface area contributed by atoms with Gasteiger partial charge < -0.3 is 5.11 Å². The van der Waals surface area contributed by atoms with Gasteiger partial charge in [-0.25, -0.2) is 0 Å². The standard InChI is InChI=1S/C27H53O2/c1-2-3-4-5-6-7-8-9-10-11-12-13-14-15-16-17-18-19-20-21-22-23-24-25-27(29)26-28/h27,29H,2-25H2,1H3. The van der Waals surface area contributed by atoms with E-state index in [4.69, 9.17) is 5.11 Å². The average Bonchev–Trinajstić information content (AvgIpc) is 2.74. The van der Waals surface area contributed by atoms with Crippen LogP contribution in [0, 0.1) is 0 Å². The number of carbonyl (C=O) groups excluding carboxylic acids is 1. The van der Waals surface area contributed by atoms with Gasteiger partial charge in [0.15, 0.2) is 0 Å². The Hall–Kier alpha value is -0.370. The lowest BCUT2D eigenvalue weighted by atomic mass is 10.0. The van der Waals surface area contributed by atoms with E-state index in [2.05, 4.69) is 6.92 Å². The molecule has 0 aromatic rings. The molecule has 0 aromatic carbocycles. The van der Waals surface area contributed by atoms with Gasteiger partial charge in [0.1, 0.15) is 6.10 Å². The van der Waals surface area contributed by atoms with Gasteiger partial charge in [-0.15, -0.1) is 0 Å². The summed E-state index contributed by atoms with van der Waals surface area (Å²) in [6.07, 6.45) is 33.3. The lowest BCUT2D eigenvalue weighted by molar-refractivity contribution is 0.219. The highest BCUT2D eigenvalue weighted by Crippen LogP contribution is 2.15. The Kier molecular flexibility index (Phi) is 25.3. The number of aliphatic hydroxyl groups excluding tert-OH is 1. The van der Waals surface area contributed by atoms with E-state index >= 15 is 0 Å². The molecule has 2 heteroatoms. The van der Waals surface area contributed by atoms with E-state index in [1.807, 2.05) is 0 Å². The number of aliphatic hydroxyl groups is 1. The van der Waals surface area contributed by atoms with E-state index in [-0.39, 0.29) is 0 Å². The minimum Gasteiger partial charge on any atom is -0.385 e. The predicted octanol–water partition coefficient (Wildman–Crippen LogP) is 8.84. The maximum Gasteiger partial charge on any atom is 0.229 e. The van der Waals surface area contributed by atoms with Crippen LogP contribution < -0.4 is 0 Å². The summed E-state index contributed by atoms with van der Waals surface area (Å²) >= 11 is 0. The van der Waals surface area contributed by atoms with Crippen molar-refractivity contribution in [1.29, 1.82) is 0 Å². The first-order valence-electron chi connectivity index (χ1n) is 13.4. The molecule has 0 saturated heterocycles. The zero-order chi connectivity index (χ0) is 21.3. The van der Waals surface area contributed by atoms with Gasteiger partial charge in [0, 0.05) is 0 Å². The molecule has 0 aliphatic heterocycles. The molecule has 1 radical (unpaired) electrons. The summed E-state index contributed by atoms with van der Waals surface area (Å²) in [7, 11) is 0. The van der Waals surface area contributed by atoms with Crippen LogP contribution in [0.25, 0.3) is 0 Å². The highest BCUT2D eigenvalue weighted by atomic mass is 16.3. The SMILES string of the molecule is CCCCCCCCCCCCCCCCCCCCCCCCCC(O)[C]=O. The molecule has 0 saturated carbocycles. The minimum absolute atomic E-state index is 0.586. The third-order valence-electron chi connectivity index (χ3n) is 6.22. The van der Waals surface area contributed by atoms with E-state index in [1.54, 1.807) is 6.29 Å². The maximum atomic E-state index is 10.2. The molecule has 0 aliphatic carbocycles. The first kappa shape index (κ1) is 28.6. The summed E-state index contributed by atoms with van der Waals surface area (Å²) in [5.74, 6) is 0. The van der Waals surface area contributed by atoms with Crippen LogP contribution in [0.3, 0.4) is 0 Å². The van der Waals surface area contributed by atoms with Crippen molar-refractivity contribution in [2.75, 3.05) is 0 Å². The van der Waals surface area contributed by atoms with Gasteiger partial charge in [0.2, 0.25) is 6.29 Å². The molecule has 173 valence electrons. The number of unbranched alkanes of at least 4 members (excludes halogenated alkanes) is 22. The van der Waals surface area contributed by atoms with Crippen molar-refractivity contribution in [3.05, 3.63) is 0 Å². The zero-order valence-electron chi connectivity index (χ0n) is 19.9. The molecule has 1 N–H and O–H groups in total. The summed E-state index contributed by atoms with van der Waals surface area (Å²) in [6, 6.07) is 0. The lowest BCUT2D eigenvalue weighted by Crippen LogP contribution is -2.06. The highest BCUT2D eigenvalue weighted by Gasteiger charge is 2.01. The van der Waals surface area contributed by atoms with Crippen molar-refractivity contribution in [2.45, 2.75) is 167 Å². The Bertz CT molecular complexity index is 303. The van der Waals surface area contributed by atoms with Crippen molar-refractivity contribution in [2.24, 2.45) is 0 Å². The fraction of sp³-hybridized carbons (Fsp3) is 0.963. The van der Waals surface area contributed by atoms with E-state index in [1.165, 1.54) is 135 Å². The second-order valence-corrected chi connectivity index (χ2v) is 9.20. The third kappa shape index (κ3) is 25.6. The van der Waals surface area contributed by atoms with Crippen molar-refractivity contribution < 1.29 is 9.90 Å². The molecule has 0 aliphatic rings. The van der Waals surface area contributed by atoms with Crippen LogP contribution in [0.4, 0.5) is 0 Å². The van der Waals surface area contributed by atoms with Crippen LogP contribution in [0.1, 0.15) is 161 Å². The Morgan fingerprint density at radius 3 is 0.966 bits per heavy atom. The zero-order valence-corrected chi connectivity index (χ0v) is 19.9. The molecule has 0 heterocycles. The quantitative estimate of drug-likeness (QED) is 0.153. The van der Waals surface area contributed by atoms with Crippen molar-refractivity contribution in [3.63, 3.8) is 0 Å². The molecular formula is C27H53O2. The normalized spacial score (nSPS) is 12.3. The van der Waals surface area contributed by atoms with Crippen molar-refractivity contribution >= 4 is 6.29 Å². The second-order valence-electron chi connectivity index (χ2n) is 9.20. The molecule has 0 spiro atoms. The van der Waals surface area contributed by atoms with Crippen LogP contribution in [0.2, 0.25) is 0 Å². The predicted molar refractivity (Wildman–Crippen MR) is 128 cm³/mol. The van der Waals surface area contributed by atoms with Crippen molar-refractivity contribution in [1.82, 2.24) is 0 Å². The van der Waals surface area contributed by atoms with Gasteiger partial charge in [0.25, 0.3) is 0 Å². The fourth-order valence-electron chi connectivity index (χ4n) is 4.18. The summed E-state index contributed by atoms with van der Waals surface area (Å²) in [5.41, 5.74) is 0. The third-order valence-corrected chi connectivity index (χ3v) is 6.22. The average molecular weight is 410 g/mol. The Labute approximate surface area is 183 Å². The van der Waals surface area contributed by atoms with Crippen LogP contribution in [-0.2, 0) is 4.79 Å². The number of rotatable bonds is 25. The Morgan fingerprint density at radius 1 is 0.483 bits per heavy atom. The lowest BCUT2D eigenvalue weighted by Gasteiger charge is -2.04. The van der Waals surface area contributed by atoms with Crippen LogP contribution in [-0.4, -0.2) is 17.5 Å². The van der Waals surface area contributed by atoms with Crippen LogP contribution in [0.5, 0.6) is 0 Å². The molecule has 0 amide bonds. The van der Waals surface area contributed by atoms with Crippen LogP contribution >= 0.6 is 0 Å². The summed E-state index contributed by atoms with van der Waals surface area (Å²) < 4.78 is 0. The van der Waals surface area contributed by atoms with Gasteiger partial charge in [-0.2, -0.15) is 0 Å². The molecule has 0 aromatic heterocycles. The number of hydrogen-bond acceptors (Lipinski definition) is 2. The molecular weight excluding hydrogens is 356 g/mol. The van der Waals surface area contributed by atoms with Gasteiger partial charge >= 0.3 is 0 Å². The molecule has 1 atom stereocenters. The van der Waals surface area contributed by atoms with E-state index in [9.17, 15) is 4.79 Å². The monoisotopic (exact) mass is 409 g/mol. The summed E-state index contributed by atoms with van der Waals surface area (Å²) in [4.78, 5) is 10.2. The Balaban J connectivity index is 3.01. The molecule has 2 nitrogen and oxygen atoms in total. The largest absolute Gasteiger partial charge is 0.385 e. The number of hydrogen-bond donors (Lipinski definition) is 1. The molecule has 0 rings (SSSR count). The highest BCUT2D eigenvalue weighted by molar-refractivity contribution is 5.56. The summed E-state index contributed by atoms with van der Waals surface area (Å²) in [5, 5.41) is 9.11. The van der Waals surface area contributed by atoms with E-state index < -0.39 is 6.10 Å². The molecule has 1 unspecified atom stereocenters. The first-order chi connectivity index (χ1) is 14.3. The minimum atomic E-state index is -0.857. The smallest absolute Gasteiger partial charge is 0.229 e. The van der Waals surface area contributed by atoms with E-state index in [0.717, 1.165) is 12.8 Å². The molecule has 0 fully saturated rings. The Morgan fingerprint density at radius 2 is 0.724 bits per heavy atom. The van der Waals surface area contributed by atoms with Gasteiger partial charge in [-0.05, 0) is 6.42 Å². The van der Waals surface area contributed by atoms with Crippen LogP contribution in [0.15, 0.2) is 0 Å². The van der Waals surface area contributed by atoms with E-state index in [0.29, 0.717) is 6.42 Å². The van der Waals surface area contributed by atoms with Gasteiger partial charge in [-0.3, -0.25) is 4.79 Å². The van der Waals surface area contributed by atoms with Crippen molar-refractivity contribution in [3.8, 4) is 0 Å². The second kappa shape index (κ2) is 25.7. The first-order valence-corrected chi connectivity index (χ1v) is 13.4. The molecule has 0 bridgehead atoms.